The van der Waals surface area contributed by atoms with Gasteiger partial charge in [-0.2, -0.15) is 13.2 Å². The van der Waals surface area contributed by atoms with E-state index in [4.69, 9.17) is 0 Å². The quantitative estimate of drug-likeness (QED) is 0.869. The van der Waals surface area contributed by atoms with Crippen LogP contribution in [0.25, 0.3) is 0 Å². The summed E-state index contributed by atoms with van der Waals surface area (Å²) in [6.45, 7) is 1.76. The highest BCUT2D eigenvalue weighted by molar-refractivity contribution is 8.00. The van der Waals surface area contributed by atoms with E-state index in [9.17, 15) is 18.0 Å². The second-order valence-corrected chi connectivity index (χ2v) is 6.11. The van der Waals surface area contributed by atoms with Gasteiger partial charge in [0.15, 0.2) is 0 Å². The summed E-state index contributed by atoms with van der Waals surface area (Å²) in [4.78, 5) is 14.1. The fraction of sp³-hybridized carbons (Fsp3) is 0.500. The molecule has 1 aromatic rings. The van der Waals surface area contributed by atoms with Crippen LogP contribution in [0.5, 0.6) is 0 Å². The summed E-state index contributed by atoms with van der Waals surface area (Å²) in [6.07, 6.45) is 1.79. The van der Waals surface area contributed by atoms with Crippen LogP contribution in [0.1, 0.15) is 23.2 Å². The van der Waals surface area contributed by atoms with Gasteiger partial charge in [0.05, 0.1) is 0 Å². The van der Waals surface area contributed by atoms with Crippen molar-refractivity contribution in [3.63, 3.8) is 0 Å². The second kappa shape index (κ2) is 6.70. The molecule has 0 aliphatic carbocycles. The topological polar surface area (TPSA) is 32.3 Å². The van der Waals surface area contributed by atoms with Gasteiger partial charge in [-0.1, -0.05) is 0 Å². The monoisotopic (exact) mass is 318 g/mol. The molecule has 1 aromatic carbocycles. The number of hydrogen-bond acceptors (Lipinski definition) is 3. The molecule has 0 saturated carbocycles. The maximum absolute atomic E-state index is 12.3. The Morgan fingerprint density at radius 2 is 1.81 bits per heavy atom. The normalized spacial score (nSPS) is 16.8. The van der Waals surface area contributed by atoms with Crippen molar-refractivity contribution in [3.8, 4) is 0 Å². The molecule has 1 N–H and O–H groups in total. The summed E-state index contributed by atoms with van der Waals surface area (Å²) < 4.78 is 36.8. The Bertz CT molecular complexity index is 484. The van der Waals surface area contributed by atoms with E-state index in [0.29, 0.717) is 5.56 Å². The van der Waals surface area contributed by atoms with E-state index in [2.05, 4.69) is 5.32 Å². The van der Waals surface area contributed by atoms with Crippen LogP contribution in [0.3, 0.4) is 0 Å². The molecule has 1 heterocycles. The number of rotatable bonds is 3. The van der Waals surface area contributed by atoms with Crippen molar-refractivity contribution >= 4 is 17.7 Å². The fourth-order valence-electron chi connectivity index (χ4n) is 2.36. The molecule has 116 valence electrons. The SMILES string of the molecule is CN(C(=O)c1ccc(SC(F)(F)F)cc1)C1CCNCC1. The van der Waals surface area contributed by atoms with Crippen LogP contribution >= 0.6 is 11.8 Å². The molecule has 1 amide bonds. The van der Waals surface area contributed by atoms with Crippen LogP contribution < -0.4 is 5.32 Å². The largest absolute Gasteiger partial charge is 0.446 e. The predicted octanol–water partition coefficient (Wildman–Crippen LogP) is 3.12. The average molecular weight is 318 g/mol. The lowest BCUT2D eigenvalue weighted by molar-refractivity contribution is -0.0328. The second-order valence-electron chi connectivity index (χ2n) is 4.97. The van der Waals surface area contributed by atoms with Gasteiger partial charge in [-0.25, -0.2) is 0 Å². The maximum Gasteiger partial charge on any atom is 0.446 e. The molecule has 0 radical (unpaired) electrons. The number of nitrogens with one attached hydrogen (secondary N) is 1. The van der Waals surface area contributed by atoms with Crippen LogP contribution in [0, 0.1) is 0 Å². The number of carbonyl (C=O) groups excluding carboxylic acids is 1. The molecule has 0 aromatic heterocycles. The molecule has 1 saturated heterocycles. The number of alkyl halides is 3. The van der Waals surface area contributed by atoms with Crippen LogP contribution in [0.2, 0.25) is 0 Å². The minimum Gasteiger partial charge on any atom is -0.339 e. The molecular formula is C14H17F3N2OS. The lowest BCUT2D eigenvalue weighted by Gasteiger charge is -2.31. The Morgan fingerprint density at radius 1 is 1.24 bits per heavy atom. The van der Waals surface area contributed by atoms with E-state index in [1.54, 1.807) is 11.9 Å². The van der Waals surface area contributed by atoms with Gasteiger partial charge in [-0.3, -0.25) is 4.79 Å². The molecule has 0 unspecified atom stereocenters. The van der Waals surface area contributed by atoms with Crippen molar-refractivity contribution < 1.29 is 18.0 Å². The van der Waals surface area contributed by atoms with Gasteiger partial charge >= 0.3 is 5.51 Å². The van der Waals surface area contributed by atoms with Gasteiger partial charge in [0.25, 0.3) is 5.91 Å². The zero-order valence-electron chi connectivity index (χ0n) is 11.6. The zero-order valence-corrected chi connectivity index (χ0v) is 12.4. The Hall–Kier alpha value is -1.21. The summed E-state index contributed by atoms with van der Waals surface area (Å²) in [7, 11) is 1.75. The number of halogens is 3. The van der Waals surface area contributed by atoms with Crippen LogP contribution in [0.4, 0.5) is 13.2 Å². The first-order chi connectivity index (χ1) is 9.87. The van der Waals surface area contributed by atoms with Crippen LogP contribution in [-0.2, 0) is 0 Å². The summed E-state index contributed by atoms with van der Waals surface area (Å²) in [5.74, 6) is -0.148. The van der Waals surface area contributed by atoms with Gasteiger partial charge < -0.3 is 10.2 Å². The molecule has 1 fully saturated rings. The Labute approximate surface area is 125 Å². The molecule has 0 spiro atoms. The summed E-state index contributed by atoms with van der Waals surface area (Å²) in [5.41, 5.74) is -3.89. The fourth-order valence-corrected chi connectivity index (χ4v) is 2.90. The van der Waals surface area contributed by atoms with Crippen molar-refractivity contribution in [2.45, 2.75) is 29.3 Å². The average Bonchev–Trinajstić information content (AvgIpc) is 2.46. The van der Waals surface area contributed by atoms with E-state index < -0.39 is 5.51 Å². The molecule has 1 aliphatic heterocycles. The van der Waals surface area contributed by atoms with Crippen molar-refractivity contribution in [2.24, 2.45) is 0 Å². The number of benzene rings is 1. The predicted molar refractivity (Wildman–Crippen MR) is 76.3 cm³/mol. The Kier molecular flexibility index (Phi) is 5.16. The lowest BCUT2D eigenvalue weighted by atomic mass is 10.0. The van der Waals surface area contributed by atoms with Gasteiger partial charge in [-0.05, 0) is 62.0 Å². The van der Waals surface area contributed by atoms with Crippen molar-refractivity contribution in [1.29, 1.82) is 0 Å². The third-order valence-corrected chi connectivity index (χ3v) is 4.25. The molecule has 21 heavy (non-hydrogen) atoms. The van der Waals surface area contributed by atoms with Gasteiger partial charge in [0.2, 0.25) is 0 Å². The minimum absolute atomic E-state index is 0.0866. The van der Waals surface area contributed by atoms with Gasteiger partial charge in [-0.15, -0.1) is 0 Å². The number of thioether (sulfide) groups is 1. The Morgan fingerprint density at radius 3 is 2.33 bits per heavy atom. The van der Waals surface area contributed by atoms with E-state index in [1.165, 1.54) is 24.3 Å². The molecule has 0 bridgehead atoms. The van der Waals surface area contributed by atoms with Gasteiger partial charge in [0.1, 0.15) is 0 Å². The van der Waals surface area contributed by atoms with Crippen LogP contribution in [-0.4, -0.2) is 42.5 Å². The highest BCUT2D eigenvalue weighted by atomic mass is 32.2. The lowest BCUT2D eigenvalue weighted by Crippen LogP contribution is -2.43. The highest BCUT2D eigenvalue weighted by Gasteiger charge is 2.29. The number of amides is 1. The molecule has 0 atom stereocenters. The summed E-state index contributed by atoms with van der Waals surface area (Å²) in [6, 6.07) is 5.76. The third kappa shape index (κ3) is 4.64. The minimum atomic E-state index is -4.31. The number of nitrogens with zero attached hydrogens (tertiary/aromatic N) is 1. The van der Waals surface area contributed by atoms with E-state index >= 15 is 0 Å². The first-order valence-corrected chi connectivity index (χ1v) is 7.52. The molecule has 3 nitrogen and oxygen atoms in total. The van der Waals surface area contributed by atoms with Crippen LogP contribution in [0.15, 0.2) is 29.2 Å². The van der Waals surface area contributed by atoms with E-state index in [-0.39, 0.29) is 28.6 Å². The third-order valence-electron chi connectivity index (χ3n) is 3.51. The van der Waals surface area contributed by atoms with Gasteiger partial charge in [0, 0.05) is 23.5 Å². The smallest absolute Gasteiger partial charge is 0.339 e. The Balaban J connectivity index is 2.02. The zero-order chi connectivity index (χ0) is 15.5. The maximum atomic E-state index is 12.3. The molecule has 1 aliphatic rings. The van der Waals surface area contributed by atoms with E-state index in [1.807, 2.05) is 0 Å². The highest BCUT2D eigenvalue weighted by Crippen LogP contribution is 2.36. The van der Waals surface area contributed by atoms with Crippen molar-refractivity contribution in [2.75, 3.05) is 20.1 Å². The number of carbonyl (C=O) groups is 1. The van der Waals surface area contributed by atoms with Crippen molar-refractivity contribution in [1.82, 2.24) is 10.2 Å². The first-order valence-electron chi connectivity index (χ1n) is 6.70. The van der Waals surface area contributed by atoms with E-state index in [0.717, 1.165) is 25.9 Å². The number of hydrogen-bond donors (Lipinski definition) is 1. The number of piperidine rings is 1. The first kappa shape index (κ1) is 16.2. The van der Waals surface area contributed by atoms with Crippen molar-refractivity contribution in [3.05, 3.63) is 29.8 Å². The molecule has 7 heteroatoms. The molecule has 2 rings (SSSR count). The summed E-state index contributed by atoms with van der Waals surface area (Å²) in [5, 5.41) is 3.23. The summed E-state index contributed by atoms with van der Waals surface area (Å²) >= 11 is -0.176. The standard InChI is InChI=1S/C14H17F3N2OS/c1-19(11-6-8-18-9-7-11)13(20)10-2-4-12(5-3-10)21-14(15,16)17/h2-5,11,18H,6-9H2,1H3. The molecular weight excluding hydrogens is 301 g/mol.